The molecule has 18 heteroatoms. The predicted octanol–water partition coefficient (Wildman–Crippen LogP) is 3.65. The van der Waals surface area contributed by atoms with E-state index in [0.29, 0.717) is 12.0 Å². The highest BCUT2D eigenvalue weighted by molar-refractivity contribution is 8.13. The normalized spacial score (nSPS) is 15.5. The van der Waals surface area contributed by atoms with Gasteiger partial charge >= 0.3 is 26.1 Å². The fourth-order valence-electron chi connectivity index (χ4n) is 1.78. The van der Waals surface area contributed by atoms with Gasteiger partial charge in [0.1, 0.15) is 5.75 Å². The van der Waals surface area contributed by atoms with Gasteiger partial charge in [-0.3, -0.25) is 0 Å². The molecule has 0 heterocycles. The monoisotopic (exact) mass is 524 g/mol. The Morgan fingerprint density at radius 2 is 1.29 bits per heavy atom. The van der Waals surface area contributed by atoms with E-state index in [1.807, 2.05) is 0 Å². The van der Waals surface area contributed by atoms with Gasteiger partial charge in [-0.2, -0.15) is 39.2 Å². The van der Waals surface area contributed by atoms with Crippen molar-refractivity contribution in [2.24, 2.45) is 0 Å². The predicted molar refractivity (Wildman–Crippen MR) is 91.8 cm³/mol. The van der Waals surface area contributed by atoms with Gasteiger partial charge in [0, 0.05) is 0 Å². The smallest absolute Gasteiger partial charge is 0.423 e. The molecule has 0 bridgehead atoms. The molecule has 0 aliphatic heterocycles. The van der Waals surface area contributed by atoms with E-state index >= 15 is 0 Å². The summed E-state index contributed by atoms with van der Waals surface area (Å²) in [6.07, 6.45) is 0.616. The number of alkyl halides is 7. The summed E-state index contributed by atoms with van der Waals surface area (Å²) >= 11 is 0. The fourth-order valence-corrected chi connectivity index (χ4v) is 5.21. The van der Waals surface area contributed by atoms with Crippen LogP contribution in [0.4, 0.5) is 30.7 Å². The second-order valence-electron chi connectivity index (χ2n) is 5.92. The summed E-state index contributed by atoms with van der Waals surface area (Å²) in [5.74, 6) is -1.03. The topological polar surface area (TPSA) is 126 Å². The molecular weight excluding hydrogens is 511 g/mol. The number of hydrogen-bond donors (Lipinski definition) is 0. The summed E-state index contributed by atoms with van der Waals surface area (Å²) in [5.41, 5.74) is -5.97. The number of hydrogen-bond acceptors (Lipinski definition) is 7. The molecule has 0 saturated heterocycles. The molecule has 180 valence electrons. The van der Waals surface area contributed by atoms with Crippen molar-refractivity contribution in [3.8, 4) is 5.75 Å². The number of rotatable bonds is 9. The summed E-state index contributed by atoms with van der Waals surface area (Å²) < 4.78 is 163. The van der Waals surface area contributed by atoms with Crippen LogP contribution in [0.25, 0.3) is 4.13 Å². The molecule has 0 radical (unpaired) electrons. The van der Waals surface area contributed by atoms with Crippen molar-refractivity contribution < 1.29 is 60.2 Å². The molecule has 31 heavy (non-hydrogen) atoms. The molecule has 0 saturated carbocycles. The van der Waals surface area contributed by atoms with Gasteiger partial charge in [0.15, 0.2) is 20.0 Å². The summed E-state index contributed by atoms with van der Waals surface area (Å²) in [4.78, 5) is 0. The molecule has 0 aliphatic carbocycles. The van der Waals surface area contributed by atoms with Crippen LogP contribution in [0.5, 0.6) is 5.75 Å². The van der Waals surface area contributed by atoms with E-state index in [2.05, 4.69) is 4.18 Å². The highest BCUT2D eigenvalue weighted by Gasteiger charge is 2.72. The van der Waals surface area contributed by atoms with Gasteiger partial charge in [0.2, 0.25) is 0 Å². The standard InChI is InChI=1S/C13H13F7NO7S3/c1-3-8(2)9-4-6-10(7-5-9)28-31(26,27)12(16,17)11(14,15)29(22,23)21-30(24,25)13(18,19)20/h4-8H,3H2,1-2H3/q-1. The Labute approximate surface area is 172 Å². The number of sulfonamides is 2. The first-order valence-corrected chi connectivity index (χ1v) is 12.0. The lowest BCUT2D eigenvalue weighted by Gasteiger charge is -2.31. The highest BCUT2D eigenvalue weighted by Crippen LogP contribution is 2.47. The Bertz CT molecular complexity index is 1110. The summed E-state index contributed by atoms with van der Waals surface area (Å²) in [6.45, 7) is 3.53. The molecule has 0 fully saturated rings. The number of nitrogens with zero attached hydrogens (tertiary/aromatic N) is 1. The average Bonchev–Trinajstić information content (AvgIpc) is 2.59. The van der Waals surface area contributed by atoms with Crippen molar-refractivity contribution in [2.75, 3.05) is 0 Å². The lowest BCUT2D eigenvalue weighted by Crippen LogP contribution is -2.53. The second kappa shape index (κ2) is 8.36. The van der Waals surface area contributed by atoms with Gasteiger partial charge in [-0.25, -0.2) is 16.8 Å². The maximum absolute atomic E-state index is 13.9. The van der Waals surface area contributed by atoms with Crippen molar-refractivity contribution in [3.63, 3.8) is 0 Å². The van der Waals surface area contributed by atoms with Crippen LogP contribution in [0.1, 0.15) is 31.7 Å². The molecule has 1 unspecified atom stereocenters. The van der Waals surface area contributed by atoms with E-state index in [4.69, 9.17) is 0 Å². The van der Waals surface area contributed by atoms with Crippen molar-refractivity contribution in [1.82, 2.24) is 0 Å². The molecular formula is C13H13F7NO7S3-. The quantitative estimate of drug-likeness (QED) is 0.357. The Morgan fingerprint density at radius 3 is 1.68 bits per heavy atom. The van der Waals surface area contributed by atoms with Crippen LogP contribution >= 0.6 is 0 Å². The summed E-state index contributed by atoms with van der Waals surface area (Å²) in [7, 11) is -21.7. The van der Waals surface area contributed by atoms with Gasteiger partial charge in [-0.15, -0.1) is 0 Å². The largest absolute Gasteiger partial charge is 0.480 e. The zero-order valence-corrected chi connectivity index (χ0v) is 17.7. The Kier molecular flexibility index (Phi) is 7.38. The van der Waals surface area contributed by atoms with Gasteiger partial charge in [-0.05, 0) is 30.0 Å². The van der Waals surface area contributed by atoms with Crippen molar-refractivity contribution in [1.29, 1.82) is 0 Å². The first-order valence-electron chi connectivity index (χ1n) is 7.72. The van der Waals surface area contributed by atoms with E-state index in [1.165, 1.54) is 12.1 Å². The molecule has 0 spiro atoms. The van der Waals surface area contributed by atoms with Gasteiger partial charge < -0.3 is 8.31 Å². The maximum atomic E-state index is 13.9. The third-order valence-corrected chi connectivity index (χ3v) is 8.22. The molecule has 0 aromatic heterocycles. The SMILES string of the molecule is CCC(C)c1ccc(OS(=O)(=O)C(F)(F)C(F)(F)S(=O)(=O)[N-]S(=O)(=O)C(F)(F)F)cc1. The lowest BCUT2D eigenvalue weighted by atomic mass is 9.99. The van der Waals surface area contributed by atoms with Gasteiger partial charge in [0.25, 0.3) is 0 Å². The molecule has 1 atom stereocenters. The Balaban J connectivity index is 3.32. The minimum Gasteiger partial charge on any atom is -0.423 e. The average molecular weight is 524 g/mol. The van der Waals surface area contributed by atoms with Crippen LogP contribution in [0, 0.1) is 0 Å². The van der Waals surface area contributed by atoms with Crippen molar-refractivity contribution in [3.05, 3.63) is 34.0 Å². The molecule has 0 N–H and O–H groups in total. The zero-order valence-electron chi connectivity index (χ0n) is 15.3. The van der Waals surface area contributed by atoms with Crippen LogP contribution in [-0.2, 0) is 30.2 Å². The van der Waals surface area contributed by atoms with Crippen LogP contribution in [-0.4, -0.2) is 41.3 Å². The lowest BCUT2D eigenvalue weighted by molar-refractivity contribution is -0.0998. The Hall–Kier alpha value is -1.66. The van der Waals surface area contributed by atoms with Crippen molar-refractivity contribution >= 4 is 30.2 Å². The highest BCUT2D eigenvalue weighted by atomic mass is 32.3. The molecule has 0 amide bonds. The third kappa shape index (κ3) is 5.23. The van der Waals surface area contributed by atoms with E-state index in [0.717, 1.165) is 16.3 Å². The van der Waals surface area contributed by atoms with E-state index in [9.17, 15) is 56.0 Å². The molecule has 1 aromatic rings. The molecule has 1 aromatic carbocycles. The van der Waals surface area contributed by atoms with Gasteiger partial charge in [0.05, 0.1) is 0 Å². The third-order valence-electron chi connectivity index (χ3n) is 3.73. The summed E-state index contributed by atoms with van der Waals surface area (Å²) in [6, 6.07) is 3.94. The fraction of sp³-hybridized carbons (Fsp3) is 0.538. The first kappa shape index (κ1) is 27.4. The van der Waals surface area contributed by atoms with Crippen LogP contribution in [0.15, 0.2) is 24.3 Å². The molecule has 1 rings (SSSR count). The zero-order chi connectivity index (χ0) is 24.7. The van der Waals surface area contributed by atoms with Gasteiger partial charge in [-0.1, -0.05) is 26.0 Å². The van der Waals surface area contributed by atoms with E-state index in [1.54, 1.807) is 13.8 Å². The molecule has 0 aliphatic rings. The first-order chi connectivity index (χ1) is 13.6. The maximum Gasteiger partial charge on any atom is 0.480 e. The van der Waals surface area contributed by atoms with Crippen molar-refractivity contribution in [2.45, 2.75) is 42.2 Å². The minimum atomic E-state index is -7.58. The number of halogens is 7. The van der Waals surface area contributed by atoms with Crippen LogP contribution < -0.4 is 4.18 Å². The minimum absolute atomic E-state index is 0.0706. The van der Waals surface area contributed by atoms with E-state index < -0.39 is 51.9 Å². The van der Waals surface area contributed by atoms with Crippen LogP contribution in [0.2, 0.25) is 0 Å². The van der Waals surface area contributed by atoms with Crippen LogP contribution in [0.3, 0.4) is 0 Å². The second-order valence-corrected chi connectivity index (χ2v) is 11.0. The molecule has 8 nitrogen and oxygen atoms in total. The number of benzene rings is 1. The Morgan fingerprint density at radius 1 is 0.839 bits per heavy atom. The van der Waals surface area contributed by atoms with E-state index in [-0.39, 0.29) is 5.92 Å². The summed E-state index contributed by atoms with van der Waals surface area (Å²) in [5, 5.41) is -13.7.